The number of carbonyl (C=O) groups excluding carboxylic acids is 1. The van der Waals surface area contributed by atoms with Crippen LogP contribution in [0, 0.1) is 6.92 Å². The van der Waals surface area contributed by atoms with E-state index in [0.717, 1.165) is 22.4 Å². The third-order valence-electron chi connectivity index (χ3n) is 4.30. The first-order valence-electron chi connectivity index (χ1n) is 8.02. The molecule has 0 aliphatic rings. The molecule has 0 radical (unpaired) electrons. The molecule has 0 aromatic heterocycles. The third kappa shape index (κ3) is 4.15. The zero-order valence-corrected chi connectivity index (χ0v) is 14.7. The number of aliphatic hydroxyl groups excluding tert-OH is 1. The van der Waals surface area contributed by atoms with Crippen LogP contribution < -0.4 is 10.1 Å². The van der Waals surface area contributed by atoms with Crippen LogP contribution in [0.15, 0.2) is 48.5 Å². The Morgan fingerprint density at radius 1 is 1.12 bits per heavy atom. The number of rotatable bonds is 6. The molecule has 4 nitrogen and oxygen atoms in total. The zero-order chi connectivity index (χ0) is 17.7. The van der Waals surface area contributed by atoms with Gasteiger partial charge in [0.15, 0.2) is 0 Å². The van der Waals surface area contributed by atoms with E-state index in [2.05, 4.69) is 5.32 Å². The molecule has 1 unspecified atom stereocenters. The van der Waals surface area contributed by atoms with Crippen LogP contribution in [0.1, 0.15) is 36.6 Å². The van der Waals surface area contributed by atoms with Gasteiger partial charge in [0.25, 0.3) is 0 Å². The Morgan fingerprint density at radius 3 is 2.25 bits per heavy atom. The summed E-state index contributed by atoms with van der Waals surface area (Å²) in [5, 5.41) is 13.1. The summed E-state index contributed by atoms with van der Waals surface area (Å²) < 4.78 is 5.10. The number of aliphatic hydroxyl groups is 1. The summed E-state index contributed by atoms with van der Waals surface area (Å²) in [5.74, 6) is 0.620. The topological polar surface area (TPSA) is 58.6 Å². The maximum absolute atomic E-state index is 12.5. The first-order chi connectivity index (χ1) is 11.3. The Bertz CT molecular complexity index is 675. The number of hydrogen-bond acceptors (Lipinski definition) is 3. The molecule has 0 saturated heterocycles. The summed E-state index contributed by atoms with van der Waals surface area (Å²) in [6, 6.07) is 15.1. The fraction of sp³-hybridized carbons (Fsp3) is 0.350. The largest absolute Gasteiger partial charge is 0.497 e. The number of carbonyl (C=O) groups is 1. The Hall–Kier alpha value is -2.33. The van der Waals surface area contributed by atoms with Crippen molar-refractivity contribution < 1.29 is 14.6 Å². The molecule has 1 amide bonds. The normalized spacial score (nSPS) is 12.5. The van der Waals surface area contributed by atoms with Crippen LogP contribution in [0.25, 0.3) is 0 Å². The quantitative estimate of drug-likeness (QED) is 0.857. The highest BCUT2D eigenvalue weighted by molar-refractivity contribution is 5.87. The molecular weight excluding hydrogens is 302 g/mol. The van der Waals surface area contributed by atoms with Crippen LogP contribution in [-0.4, -0.2) is 24.7 Å². The van der Waals surface area contributed by atoms with Gasteiger partial charge in [0.2, 0.25) is 5.91 Å². The van der Waals surface area contributed by atoms with Gasteiger partial charge in [0.1, 0.15) is 5.75 Å². The Balaban J connectivity index is 1.99. The number of benzene rings is 2. The van der Waals surface area contributed by atoms with Gasteiger partial charge in [0, 0.05) is 6.54 Å². The number of amides is 1. The van der Waals surface area contributed by atoms with Crippen molar-refractivity contribution >= 4 is 5.91 Å². The SMILES string of the molecule is COc1ccc(C(O)CNC(=O)C(C)(C)c2ccc(C)cc2)cc1. The summed E-state index contributed by atoms with van der Waals surface area (Å²) >= 11 is 0. The lowest BCUT2D eigenvalue weighted by Crippen LogP contribution is -2.41. The molecule has 0 aliphatic carbocycles. The van der Waals surface area contributed by atoms with Gasteiger partial charge in [-0.25, -0.2) is 0 Å². The van der Waals surface area contributed by atoms with E-state index in [4.69, 9.17) is 4.74 Å². The molecule has 2 rings (SSSR count). The van der Waals surface area contributed by atoms with Crippen molar-refractivity contribution in [3.05, 3.63) is 65.2 Å². The summed E-state index contributed by atoms with van der Waals surface area (Å²) in [5.41, 5.74) is 2.19. The number of methoxy groups -OCH3 is 1. The third-order valence-corrected chi connectivity index (χ3v) is 4.30. The molecule has 0 saturated carbocycles. The highest BCUT2D eigenvalue weighted by atomic mass is 16.5. The fourth-order valence-corrected chi connectivity index (χ4v) is 2.46. The Morgan fingerprint density at radius 2 is 1.71 bits per heavy atom. The summed E-state index contributed by atoms with van der Waals surface area (Å²) in [6.45, 7) is 5.95. The average molecular weight is 327 g/mol. The first-order valence-corrected chi connectivity index (χ1v) is 8.02. The van der Waals surface area contributed by atoms with Crippen LogP contribution in [0.4, 0.5) is 0 Å². The van der Waals surface area contributed by atoms with E-state index in [-0.39, 0.29) is 12.5 Å². The van der Waals surface area contributed by atoms with E-state index in [1.54, 1.807) is 31.4 Å². The molecule has 0 spiro atoms. The van der Waals surface area contributed by atoms with Gasteiger partial charge in [-0.3, -0.25) is 4.79 Å². The monoisotopic (exact) mass is 327 g/mol. The van der Waals surface area contributed by atoms with Crippen LogP contribution >= 0.6 is 0 Å². The first kappa shape index (κ1) is 18.0. The van der Waals surface area contributed by atoms with E-state index < -0.39 is 11.5 Å². The van der Waals surface area contributed by atoms with E-state index in [9.17, 15) is 9.90 Å². The molecule has 0 heterocycles. The van der Waals surface area contributed by atoms with Gasteiger partial charge < -0.3 is 15.2 Å². The van der Waals surface area contributed by atoms with Crippen LogP contribution in [0.5, 0.6) is 5.75 Å². The lowest BCUT2D eigenvalue weighted by Gasteiger charge is -2.25. The van der Waals surface area contributed by atoms with Crippen molar-refractivity contribution in [2.45, 2.75) is 32.3 Å². The molecule has 1 atom stereocenters. The molecule has 2 aromatic rings. The van der Waals surface area contributed by atoms with Crippen molar-refractivity contribution in [3.63, 3.8) is 0 Å². The predicted octanol–water partition coefficient (Wildman–Crippen LogP) is 3.13. The second-order valence-electron chi connectivity index (χ2n) is 6.49. The van der Waals surface area contributed by atoms with Gasteiger partial charge >= 0.3 is 0 Å². The summed E-state index contributed by atoms with van der Waals surface area (Å²) in [7, 11) is 1.60. The molecule has 2 N–H and O–H groups in total. The van der Waals surface area contributed by atoms with Crippen LogP contribution in [0.2, 0.25) is 0 Å². The number of ether oxygens (including phenoxy) is 1. The average Bonchev–Trinajstić information content (AvgIpc) is 2.59. The summed E-state index contributed by atoms with van der Waals surface area (Å²) in [4.78, 5) is 12.5. The second-order valence-corrected chi connectivity index (χ2v) is 6.49. The van der Waals surface area contributed by atoms with Crippen LogP contribution in [-0.2, 0) is 10.2 Å². The standard InChI is InChI=1S/C20H25NO3/c1-14-5-9-16(10-6-14)20(2,3)19(23)21-13-18(22)15-7-11-17(24-4)12-8-15/h5-12,18,22H,13H2,1-4H3,(H,21,23). The smallest absolute Gasteiger partial charge is 0.230 e. The Labute approximate surface area is 143 Å². The maximum atomic E-state index is 12.5. The van der Waals surface area contributed by atoms with Crippen LogP contribution in [0.3, 0.4) is 0 Å². The lowest BCUT2D eigenvalue weighted by molar-refractivity contribution is -0.126. The highest BCUT2D eigenvalue weighted by Crippen LogP contribution is 2.24. The van der Waals surface area contributed by atoms with Crippen molar-refractivity contribution in [1.82, 2.24) is 5.32 Å². The van der Waals surface area contributed by atoms with E-state index in [1.807, 2.05) is 45.0 Å². The summed E-state index contributed by atoms with van der Waals surface area (Å²) in [6.07, 6.45) is -0.756. The molecular formula is C20H25NO3. The minimum atomic E-state index is -0.756. The van der Waals surface area contributed by atoms with Crippen molar-refractivity contribution in [1.29, 1.82) is 0 Å². The number of hydrogen-bond donors (Lipinski definition) is 2. The maximum Gasteiger partial charge on any atom is 0.230 e. The molecule has 128 valence electrons. The highest BCUT2D eigenvalue weighted by Gasteiger charge is 2.29. The van der Waals surface area contributed by atoms with Gasteiger partial charge in [-0.15, -0.1) is 0 Å². The van der Waals surface area contributed by atoms with E-state index in [0.29, 0.717) is 0 Å². The van der Waals surface area contributed by atoms with Crippen molar-refractivity contribution in [2.75, 3.05) is 13.7 Å². The van der Waals surface area contributed by atoms with Crippen molar-refractivity contribution in [2.24, 2.45) is 0 Å². The Kier molecular flexibility index (Phi) is 5.62. The van der Waals surface area contributed by atoms with Gasteiger partial charge in [-0.1, -0.05) is 42.0 Å². The van der Waals surface area contributed by atoms with Gasteiger partial charge in [0.05, 0.1) is 18.6 Å². The van der Waals surface area contributed by atoms with Crippen molar-refractivity contribution in [3.8, 4) is 5.75 Å². The predicted molar refractivity (Wildman–Crippen MR) is 95.2 cm³/mol. The molecule has 24 heavy (non-hydrogen) atoms. The lowest BCUT2D eigenvalue weighted by atomic mass is 9.83. The minimum Gasteiger partial charge on any atom is -0.497 e. The van der Waals surface area contributed by atoms with Gasteiger partial charge in [-0.05, 0) is 44.0 Å². The minimum absolute atomic E-state index is 0.112. The zero-order valence-electron chi connectivity index (χ0n) is 14.7. The number of aryl methyl sites for hydroxylation is 1. The molecule has 4 heteroatoms. The number of nitrogens with one attached hydrogen (secondary N) is 1. The fourth-order valence-electron chi connectivity index (χ4n) is 2.46. The second kappa shape index (κ2) is 7.49. The van der Waals surface area contributed by atoms with Gasteiger partial charge in [-0.2, -0.15) is 0 Å². The molecule has 2 aromatic carbocycles. The van der Waals surface area contributed by atoms with E-state index in [1.165, 1.54) is 0 Å². The molecule has 0 fully saturated rings. The van der Waals surface area contributed by atoms with E-state index >= 15 is 0 Å². The molecule has 0 bridgehead atoms. The molecule has 0 aliphatic heterocycles.